The largest absolute Gasteiger partial charge is 0.481 e. The lowest BCUT2D eigenvalue weighted by molar-refractivity contribution is -0.137. The van der Waals surface area contributed by atoms with E-state index >= 15 is 0 Å². The van der Waals surface area contributed by atoms with Crippen LogP contribution in [0.15, 0.2) is 0 Å². The monoisotopic (exact) mass is 274 g/mol. The van der Waals surface area contributed by atoms with E-state index in [2.05, 4.69) is 10.6 Å². The van der Waals surface area contributed by atoms with Gasteiger partial charge in [0.05, 0.1) is 12.1 Å². The van der Waals surface area contributed by atoms with Crippen molar-refractivity contribution in [3.63, 3.8) is 0 Å². The first-order valence-electron chi connectivity index (χ1n) is 6.02. The number of carboxylic acids is 1. The van der Waals surface area contributed by atoms with Crippen LogP contribution in [-0.4, -0.2) is 53.3 Å². The highest BCUT2D eigenvalue weighted by molar-refractivity contribution is 8.00. The van der Waals surface area contributed by atoms with Crippen molar-refractivity contribution in [3.8, 4) is 0 Å². The fourth-order valence-corrected chi connectivity index (χ4v) is 3.81. The molecule has 2 rings (SSSR count). The minimum absolute atomic E-state index is 0.0640. The lowest BCUT2D eigenvalue weighted by Gasteiger charge is -2.16. The van der Waals surface area contributed by atoms with Crippen molar-refractivity contribution in [2.45, 2.75) is 43.0 Å². The normalized spacial score (nSPS) is 28.7. The molecule has 2 heterocycles. The van der Waals surface area contributed by atoms with Gasteiger partial charge in [0.25, 0.3) is 8.05 Å². The van der Waals surface area contributed by atoms with Crippen molar-refractivity contribution in [2.75, 3.05) is 5.75 Å². The van der Waals surface area contributed by atoms with Gasteiger partial charge in [-0.3, -0.25) is 4.79 Å². The molecule has 2 saturated heterocycles. The number of fused-ring (bicyclic) bond motifs is 1. The number of nitrogens with one attached hydrogen (secondary N) is 2. The van der Waals surface area contributed by atoms with Gasteiger partial charge in [0, 0.05) is 17.4 Å². The van der Waals surface area contributed by atoms with Crippen LogP contribution in [0.2, 0.25) is 0 Å². The Morgan fingerprint density at radius 3 is 2.78 bits per heavy atom. The van der Waals surface area contributed by atoms with Crippen molar-refractivity contribution >= 4 is 31.8 Å². The Balaban J connectivity index is 0.000000771. The van der Waals surface area contributed by atoms with Gasteiger partial charge in [0.15, 0.2) is 0 Å². The second-order valence-corrected chi connectivity index (χ2v) is 5.53. The van der Waals surface area contributed by atoms with Crippen LogP contribution in [0.4, 0.5) is 4.79 Å². The van der Waals surface area contributed by atoms with Crippen LogP contribution >= 0.6 is 11.8 Å². The number of thioether (sulfide) groups is 1. The molecule has 18 heavy (non-hydrogen) atoms. The highest BCUT2D eigenvalue weighted by atomic mass is 32.2. The van der Waals surface area contributed by atoms with Gasteiger partial charge in [-0.1, -0.05) is 6.42 Å². The van der Waals surface area contributed by atoms with E-state index in [9.17, 15) is 9.59 Å². The summed E-state index contributed by atoms with van der Waals surface area (Å²) >= 11 is 1.87. The molecule has 0 radical (unpaired) electrons. The number of carbonyl (C=O) groups is 2. The van der Waals surface area contributed by atoms with Crippen LogP contribution in [0.25, 0.3) is 0 Å². The zero-order chi connectivity index (χ0) is 13.5. The van der Waals surface area contributed by atoms with Gasteiger partial charge in [-0.15, -0.1) is 0 Å². The molecule has 0 bridgehead atoms. The molecule has 102 valence electrons. The molecule has 0 aromatic rings. The zero-order valence-corrected chi connectivity index (χ0v) is 11.2. The average molecular weight is 274 g/mol. The van der Waals surface area contributed by atoms with E-state index in [1.165, 1.54) is 0 Å². The first-order chi connectivity index (χ1) is 8.66. The summed E-state index contributed by atoms with van der Waals surface area (Å²) in [6.45, 7) is 0. The van der Waals surface area contributed by atoms with Gasteiger partial charge in [-0.2, -0.15) is 11.8 Å². The third-order valence-electron chi connectivity index (χ3n) is 3.07. The van der Waals surface area contributed by atoms with E-state index < -0.39 is 5.97 Å². The Kier molecular flexibility index (Phi) is 6.35. The summed E-state index contributed by atoms with van der Waals surface area (Å²) in [4.78, 5) is 21.5. The molecule has 4 N–H and O–H groups in total. The Morgan fingerprint density at radius 1 is 1.39 bits per heavy atom. The minimum atomic E-state index is -0.729. The van der Waals surface area contributed by atoms with Crippen LogP contribution in [0, 0.1) is 0 Å². The number of carboxylic acid groups (broad SMARTS) is 1. The zero-order valence-electron chi connectivity index (χ0n) is 10.4. The fourth-order valence-electron chi connectivity index (χ4n) is 2.26. The number of carbonyl (C=O) groups excluding carboxylic acids is 1. The topological polar surface area (TPSA) is 98.7 Å². The molecule has 6 nitrogen and oxygen atoms in total. The van der Waals surface area contributed by atoms with Gasteiger partial charge >= 0.3 is 12.0 Å². The highest BCUT2D eigenvalue weighted by Crippen LogP contribution is 2.33. The molecular formula is C10H19BN2O4S. The van der Waals surface area contributed by atoms with Crippen LogP contribution < -0.4 is 10.6 Å². The van der Waals surface area contributed by atoms with Crippen molar-refractivity contribution < 1.29 is 19.7 Å². The first kappa shape index (κ1) is 15.2. The second-order valence-electron chi connectivity index (χ2n) is 4.26. The average Bonchev–Trinajstić information content (AvgIpc) is 2.87. The predicted molar refractivity (Wildman–Crippen MR) is 72.4 cm³/mol. The first-order valence-corrected chi connectivity index (χ1v) is 7.07. The van der Waals surface area contributed by atoms with E-state index in [4.69, 9.17) is 10.1 Å². The minimum Gasteiger partial charge on any atom is -0.481 e. The van der Waals surface area contributed by atoms with E-state index in [1.54, 1.807) is 0 Å². The smallest absolute Gasteiger partial charge is 0.315 e. The highest BCUT2D eigenvalue weighted by Gasteiger charge is 2.42. The molecule has 2 amide bonds. The van der Waals surface area contributed by atoms with Crippen molar-refractivity contribution in [1.82, 2.24) is 10.6 Å². The summed E-state index contributed by atoms with van der Waals surface area (Å²) in [5.74, 6) is 0.236. The molecular weight excluding hydrogens is 255 g/mol. The Labute approximate surface area is 111 Å². The maximum atomic E-state index is 11.1. The lowest BCUT2D eigenvalue weighted by Crippen LogP contribution is -2.36. The van der Waals surface area contributed by atoms with Gasteiger partial charge in [0.1, 0.15) is 0 Å². The van der Waals surface area contributed by atoms with Crippen LogP contribution in [0.1, 0.15) is 25.7 Å². The Morgan fingerprint density at radius 2 is 2.11 bits per heavy atom. The molecule has 0 saturated carbocycles. The van der Waals surface area contributed by atoms with Crippen molar-refractivity contribution in [1.29, 1.82) is 0 Å². The number of hydrogen-bond donors (Lipinski definition) is 4. The summed E-state index contributed by atoms with van der Waals surface area (Å²) in [6, 6.07) is 0.440. The summed E-state index contributed by atoms with van der Waals surface area (Å²) in [7, 11) is 1.00. The molecule has 3 atom stereocenters. The van der Waals surface area contributed by atoms with Crippen LogP contribution in [0.3, 0.4) is 0 Å². The Hall–Kier alpha value is -0.885. The summed E-state index contributed by atoms with van der Waals surface area (Å²) in [5, 5.41) is 21.8. The van der Waals surface area contributed by atoms with Crippen molar-refractivity contribution in [2.24, 2.45) is 0 Å². The summed E-state index contributed by atoms with van der Waals surface area (Å²) in [6.07, 6.45) is 2.88. The van der Waals surface area contributed by atoms with Gasteiger partial charge in [-0.05, 0) is 12.8 Å². The number of unbranched alkanes of at least 4 members (excludes halogenated alkanes) is 1. The van der Waals surface area contributed by atoms with Crippen LogP contribution in [0.5, 0.6) is 0 Å². The molecule has 2 fully saturated rings. The molecule has 2 aliphatic rings. The number of amides is 2. The van der Waals surface area contributed by atoms with Crippen molar-refractivity contribution in [3.05, 3.63) is 0 Å². The quantitative estimate of drug-likeness (QED) is 0.302. The predicted octanol–water partition coefficient (Wildman–Crippen LogP) is -0.676. The number of urea groups is 1. The molecule has 8 heteroatoms. The van der Waals surface area contributed by atoms with Crippen LogP contribution in [-0.2, 0) is 4.79 Å². The number of hydrogen-bond acceptors (Lipinski definition) is 4. The maximum absolute atomic E-state index is 11.1. The number of aliphatic carboxylic acids is 1. The Bertz CT molecular complexity index is 306. The SMILES string of the molecule is BO.O=C(O)CCCC[C@@H]1SC[C@@H]2NC(=O)N[C@@H]21. The van der Waals surface area contributed by atoms with E-state index in [0.29, 0.717) is 5.25 Å². The van der Waals surface area contributed by atoms with E-state index in [0.717, 1.165) is 33.1 Å². The summed E-state index contributed by atoms with van der Waals surface area (Å²) < 4.78 is 0. The maximum Gasteiger partial charge on any atom is 0.315 e. The molecule has 0 aliphatic carbocycles. The molecule has 0 aromatic heterocycles. The number of rotatable bonds is 5. The molecule has 2 aliphatic heterocycles. The standard InChI is InChI=1S/C10H16N2O3S.BH3O/c13-8(14)4-2-1-3-7-9-6(5-16-7)11-10(15)12-9;1-2/h6-7,9H,1-5H2,(H,13,14)(H2,11,12,15);2H,1H2/t6-,7-,9-;/m0./s1. The fraction of sp³-hybridized carbons (Fsp3) is 0.800. The van der Waals surface area contributed by atoms with Gasteiger partial charge in [-0.25, -0.2) is 4.79 Å². The van der Waals surface area contributed by atoms with Gasteiger partial charge < -0.3 is 20.8 Å². The van der Waals surface area contributed by atoms with Gasteiger partial charge in [0.2, 0.25) is 0 Å². The summed E-state index contributed by atoms with van der Waals surface area (Å²) in [5.41, 5.74) is 0. The molecule has 0 unspecified atom stereocenters. The molecule has 0 spiro atoms. The second kappa shape index (κ2) is 7.53. The molecule has 0 aromatic carbocycles. The van der Waals surface area contributed by atoms with E-state index in [-0.39, 0.29) is 24.5 Å². The third kappa shape index (κ3) is 4.10. The lowest BCUT2D eigenvalue weighted by atomic mass is 10.0. The van der Waals surface area contributed by atoms with E-state index in [1.807, 2.05) is 11.8 Å². The third-order valence-corrected chi connectivity index (χ3v) is 4.58.